The van der Waals surface area contributed by atoms with Gasteiger partial charge in [-0.1, -0.05) is 18.2 Å². The summed E-state index contributed by atoms with van der Waals surface area (Å²) in [5.41, 5.74) is 0.126. The van der Waals surface area contributed by atoms with Crippen molar-refractivity contribution in [2.24, 2.45) is 0 Å². The quantitative estimate of drug-likeness (QED) is 0.878. The van der Waals surface area contributed by atoms with Crippen molar-refractivity contribution in [2.75, 3.05) is 0 Å². The fourth-order valence-electron chi connectivity index (χ4n) is 1.42. The number of rotatable bonds is 4. The highest BCUT2D eigenvalue weighted by Crippen LogP contribution is 2.30. The summed E-state index contributed by atoms with van der Waals surface area (Å²) in [6.07, 6.45) is 0. The Balaban J connectivity index is 2.24. The Morgan fingerprint density at radius 1 is 0.947 bits per heavy atom. The number of carboxylic acids is 1. The molecule has 4 nitrogen and oxygen atoms in total. The zero-order chi connectivity index (χ0) is 13.9. The number of carboxylic acid groups (broad SMARTS) is 1. The second kappa shape index (κ2) is 5.46. The van der Waals surface area contributed by atoms with E-state index in [2.05, 4.69) is 0 Å². The van der Waals surface area contributed by atoms with Crippen LogP contribution in [0, 0.1) is 0 Å². The van der Waals surface area contributed by atoms with Crippen LogP contribution in [0.5, 0.6) is 0 Å². The van der Waals surface area contributed by atoms with E-state index < -0.39 is 14.8 Å². The first-order valence-electron chi connectivity index (χ1n) is 5.32. The predicted octanol–water partition coefficient (Wildman–Crippen LogP) is 2.87. The van der Waals surface area contributed by atoms with Crippen molar-refractivity contribution in [3.05, 3.63) is 60.2 Å². The minimum Gasteiger partial charge on any atom is -0.478 e. The maximum Gasteiger partial charge on any atom is 0.335 e. The summed E-state index contributed by atoms with van der Waals surface area (Å²) in [7, 11) is -2.78. The smallest absolute Gasteiger partial charge is 0.335 e. The summed E-state index contributed by atoms with van der Waals surface area (Å²) in [5, 5.41) is 8.76. The van der Waals surface area contributed by atoms with Gasteiger partial charge < -0.3 is 5.11 Å². The first-order chi connectivity index (χ1) is 8.99. The third-order valence-corrected chi connectivity index (χ3v) is 5.69. The van der Waals surface area contributed by atoms with Gasteiger partial charge in [-0.2, -0.15) is 0 Å². The van der Waals surface area contributed by atoms with Crippen LogP contribution in [0.3, 0.4) is 0 Å². The molecule has 0 spiro atoms. The maximum absolute atomic E-state index is 12.1. The molecule has 19 heavy (non-hydrogen) atoms. The van der Waals surface area contributed by atoms with E-state index in [-0.39, 0.29) is 10.5 Å². The number of aromatic carboxylic acids is 1. The summed E-state index contributed by atoms with van der Waals surface area (Å²) < 4.78 is 24.1. The molecule has 0 aromatic heterocycles. The third-order valence-electron chi connectivity index (χ3n) is 2.34. The van der Waals surface area contributed by atoms with Crippen LogP contribution < -0.4 is 0 Å². The Morgan fingerprint density at radius 3 is 2.05 bits per heavy atom. The van der Waals surface area contributed by atoms with E-state index in [9.17, 15) is 13.2 Å². The standard InChI is InChI=1S/C13H10O4S2/c14-13(15)10-6-8-11(9-7-10)18-19(16,17)12-4-2-1-3-5-12/h1-9H,(H,14,15). The summed E-state index contributed by atoms with van der Waals surface area (Å²) in [4.78, 5) is 11.4. The fourth-order valence-corrected chi connectivity index (χ4v) is 4.22. The van der Waals surface area contributed by atoms with E-state index in [0.717, 1.165) is 0 Å². The Labute approximate surface area is 114 Å². The highest BCUT2D eigenvalue weighted by Gasteiger charge is 2.16. The molecule has 0 saturated heterocycles. The molecular formula is C13H10O4S2. The molecule has 0 saturated carbocycles. The van der Waals surface area contributed by atoms with Crippen LogP contribution in [0.15, 0.2) is 64.4 Å². The van der Waals surface area contributed by atoms with Gasteiger partial charge in [0, 0.05) is 15.7 Å². The summed E-state index contributed by atoms with van der Waals surface area (Å²) in [6.45, 7) is 0. The minimum atomic E-state index is -3.48. The molecule has 0 atom stereocenters. The van der Waals surface area contributed by atoms with Crippen molar-refractivity contribution >= 4 is 25.6 Å². The zero-order valence-corrected chi connectivity index (χ0v) is 11.3. The summed E-state index contributed by atoms with van der Waals surface area (Å²) in [6, 6.07) is 13.8. The molecule has 6 heteroatoms. The molecule has 2 aromatic rings. The van der Waals surface area contributed by atoms with Gasteiger partial charge in [0.2, 0.25) is 8.87 Å². The van der Waals surface area contributed by atoms with Crippen molar-refractivity contribution in [2.45, 2.75) is 9.79 Å². The molecular weight excluding hydrogens is 284 g/mol. The monoisotopic (exact) mass is 294 g/mol. The van der Waals surface area contributed by atoms with Crippen LogP contribution in [-0.2, 0) is 8.87 Å². The zero-order valence-electron chi connectivity index (χ0n) is 9.68. The van der Waals surface area contributed by atoms with Crippen molar-refractivity contribution in [1.82, 2.24) is 0 Å². The lowest BCUT2D eigenvalue weighted by atomic mass is 10.2. The van der Waals surface area contributed by atoms with Crippen molar-refractivity contribution in [1.29, 1.82) is 0 Å². The minimum absolute atomic E-state index is 0.126. The second-order valence-corrected chi connectivity index (χ2v) is 7.51. The predicted molar refractivity (Wildman–Crippen MR) is 72.9 cm³/mol. The molecule has 0 aliphatic heterocycles. The SMILES string of the molecule is O=C(O)c1ccc(SS(=O)(=O)c2ccccc2)cc1. The molecule has 0 unspecified atom stereocenters. The van der Waals surface area contributed by atoms with E-state index in [4.69, 9.17) is 5.11 Å². The van der Waals surface area contributed by atoms with Gasteiger partial charge in [0.15, 0.2) is 0 Å². The Bertz CT molecular complexity index is 676. The van der Waals surface area contributed by atoms with E-state index in [1.54, 1.807) is 18.2 Å². The highest BCUT2D eigenvalue weighted by atomic mass is 33.1. The summed E-state index contributed by atoms with van der Waals surface area (Å²) >= 11 is 0. The summed E-state index contributed by atoms with van der Waals surface area (Å²) in [5.74, 6) is -1.04. The molecule has 0 amide bonds. The van der Waals surface area contributed by atoms with Crippen LogP contribution in [0.4, 0.5) is 0 Å². The lowest BCUT2D eigenvalue weighted by Gasteiger charge is -2.03. The first kappa shape index (κ1) is 13.6. The van der Waals surface area contributed by atoms with E-state index in [0.29, 0.717) is 15.7 Å². The van der Waals surface area contributed by atoms with Gasteiger partial charge >= 0.3 is 5.97 Å². The fraction of sp³-hybridized carbons (Fsp3) is 0. The van der Waals surface area contributed by atoms with Gasteiger partial charge in [0.1, 0.15) is 0 Å². The van der Waals surface area contributed by atoms with Crippen molar-refractivity contribution < 1.29 is 18.3 Å². The van der Waals surface area contributed by atoms with Crippen LogP contribution in [0.25, 0.3) is 0 Å². The number of benzene rings is 2. The maximum atomic E-state index is 12.1. The van der Waals surface area contributed by atoms with Crippen molar-refractivity contribution in [3.63, 3.8) is 0 Å². The topological polar surface area (TPSA) is 71.4 Å². The molecule has 98 valence electrons. The molecule has 0 bridgehead atoms. The van der Waals surface area contributed by atoms with Gasteiger partial charge in [0.05, 0.1) is 10.5 Å². The van der Waals surface area contributed by atoms with Gasteiger partial charge in [-0.05, 0) is 36.4 Å². The lowest BCUT2D eigenvalue weighted by Crippen LogP contribution is -1.97. The number of hydrogen-bond donors (Lipinski definition) is 1. The molecule has 2 aromatic carbocycles. The highest BCUT2D eigenvalue weighted by molar-refractivity contribution is 8.72. The molecule has 1 N–H and O–H groups in total. The van der Waals surface area contributed by atoms with Gasteiger partial charge in [-0.15, -0.1) is 0 Å². The van der Waals surface area contributed by atoms with E-state index in [1.165, 1.54) is 36.4 Å². The van der Waals surface area contributed by atoms with Gasteiger partial charge in [0.25, 0.3) is 0 Å². The van der Waals surface area contributed by atoms with Gasteiger partial charge in [-0.25, -0.2) is 13.2 Å². The number of hydrogen-bond acceptors (Lipinski definition) is 4. The molecule has 0 fully saturated rings. The van der Waals surface area contributed by atoms with Crippen LogP contribution in [-0.4, -0.2) is 19.5 Å². The third kappa shape index (κ3) is 3.36. The van der Waals surface area contributed by atoms with E-state index >= 15 is 0 Å². The van der Waals surface area contributed by atoms with Crippen LogP contribution in [0.1, 0.15) is 10.4 Å². The Hall–Kier alpha value is -1.79. The van der Waals surface area contributed by atoms with E-state index in [1.807, 2.05) is 0 Å². The Morgan fingerprint density at radius 2 is 1.53 bits per heavy atom. The molecule has 0 radical (unpaired) electrons. The second-order valence-electron chi connectivity index (χ2n) is 3.68. The average molecular weight is 294 g/mol. The molecule has 0 aliphatic rings. The van der Waals surface area contributed by atoms with Crippen LogP contribution in [0.2, 0.25) is 0 Å². The molecule has 0 aliphatic carbocycles. The average Bonchev–Trinajstić information content (AvgIpc) is 2.40. The molecule has 2 rings (SSSR count). The van der Waals surface area contributed by atoms with Crippen LogP contribution >= 0.6 is 10.8 Å². The largest absolute Gasteiger partial charge is 0.478 e. The normalized spacial score (nSPS) is 11.2. The molecule has 0 heterocycles. The van der Waals surface area contributed by atoms with Crippen molar-refractivity contribution in [3.8, 4) is 0 Å². The Kier molecular flexibility index (Phi) is 3.92. The number of carbonyl (C=O) groups is 1. The van der Waals surface area contributed by atoms with Gasteiger partial charge in [-0.3, -0.25) is 0 Å². The lowest BCUT2D eigenvalue weighted by molar-refractivity contribution is 0.0697. The first-order valence-corrected chi connectivity index (χ1v) is 8.13.